The van der Waals surface area contributed by atoms with Crippen LogP contribution in [-0.4, -0.2) is 69.5 Å². The zero-order chi connectivity index (χ0) is 17.1. The van der Waals surface area contributed by atoms with Gasteiger partial charge in [-0.05, 0) is 39.2 Å². The maximum atomic E-state index is 12.4. The van der Waals surface area contributed by atoms with Crippen LogP contribution in [0.4, 0.5) is 13.2 Å². The first-order valence-corrected chi connectivity index (χ1v) is 8.33. The maximum Gasteiger partial charge on any atom is 0.401 e. The highest BCUT2D eigenvalue weighted by Gasteiger charge is 2.34. The second-order valence-electron chi connectivity index (χ2n) is 5.70. The van der Waals surface area contributed by atoms with Crippen molar-refractivity contribution in [1.82, 2.24) is 15.5 Å². The molecule has 23 heavy (non-hydrogen) atoms. The van der Waals surface area contributed by atoms with Gasteiger partial charge in [-0.25, -0.2) is 0 Å². The molecule has 0 radical (unpaired) electrons. The van der Waals surface area contributed by atoms with E-state index in [0.717, 1.165) is 31.9 Å². The van der Waals surface area contributed by atoms with Crippen LogP contribution in [0.3, 0.4) is 0 Å². The van der Waals surface area contributed by atoms with Crippen LogP contribution in [-0.2, 0) is 4.74 Å². The van der Waals surface area contributed by atoms with Crippen molar-refractivity contribution in [2.45, 2.75) is 32.9 Å². The Kier molecular flexibility index (Phi) is 9.31. The molecule has 1 fully saturated rings. The van der Waals surface area contributed by atoms with Gasteiger partial charge in [0.05, 0.1) is 6.54 Å². The summed E-state index contributed by atoms with van der Waals surface area (Å²) in [5.41, 5.74) is 0. The number of hydrogen-bond acceptors (Lipinski definition) is 3. The van der Waals surface area contributed by atoms with Crippen LogP contribution in [0.1, 0.15) is 26.7 Å². The first-order valence-electron chi connectivity index (χ1n) is 8.33. The Hall–Kier alpha value is -1.02. The topological polar surface area (TPSA) is 48.9 Å². The minimum Gasteiger partial charge on any atom is -0.382 e. The Morgan fingerprint density at radius 3 is 2.74 bits per heavy atom. The summed E-state index contributed by atoms with van der Waals surface area (Å²) in [6.07, 6.45) is -2.46. The summed E-state index contributed by atoms with van der Waals surface area (Å²) in [4.78, 5) is 5.95. The Morgan fingerprint density at radius 2 is 2.09 bits per heavy atom. The molecule has 8 heteroatoms. The van der Waals surface area contributed by atoms with Crippen molar-refractivity contribution in [3.8, 4) is 0 Å². The third kappa shape index (κ3) is 9.65. The summed E-state index contributed by atoms with van der Waals surface area (Å²) in [5, 5.41) is 6.37. The van der Waals surface area contributed by atoms with Gasteiger partial charge in [0.2, 0.25) is 0 Å². The minimum absolute atomic E-state index is 0.191. The molecule has 0 aliphatic carbocycles. The van der Waals surface area contributed by atoms with Gasteiger partial charge in [-0.3, -0.25) is 9.89 Å². The van der Waals surface area contributed by atoms with Crippen LogP contribution in [0.2, 0.25) is 0 Å². The molecule has 1 aliphatic rings. The summed E-state index contributed by atoms with van der Waals surface area (Å²) < 4.78 is 42.4. The van der Waals surface area contributed by atoms with Gasteiger partial charge in [0, 0.05) is 39.4 Å². The standard InChI is InChI=1S/C15H29F3N4O/c1-3-19-14(20-7-5-9-23-4-2)21-10-13-6-8-22(11-13)12-15(16,17)18/h13H,3-12H2,1-2H3,(H2,19,20,21). The second kappa shape index (κ2) is 10.7. The molecule has 0 bridgehead atoms. The van der Waals surface area contributed by atoms with Crippen LogP contribution in [0.15, 0.2) is 4.99 Å². The molecule has 0 aromatic heterocycles. The predicted molar refractivity (Wildman–Crippen MR) is 85.7 cm³/mol. The number of guanidine groups is 1. The molecule has 1 unspecified atom stereocenters. The molecule has 0 amide bonds. The Labute approximate surface area is 136 Å². The van der Waals surface area contributed by atoms with Crippen molar-refractivity contribution in [2.24, 2.45) is 10.9 Å². The van der Waals surface area contributed by atoms with Crippen molar-refractivity contribution in [3.63, 3.8) is 0 Å². The molecular weight excluding hydrogens is 309 g/mol. The van der Waals surface area contributed by atoms with Crippen molar-refractivity contribution in [2.75, 3.05) is 52.5 Å². The number of nitrogens with zero attached hydrogens (tertiary/aromatic N) is 2. The van der Waals surface area contributed by atoms with Gasteiger partial charge in [0.1, 0.15) is 0 Å². The van der Waals surface area contributed by atoms with E-state index < -0.39 is 12.7 Å². The number of nitrogens with one attached hydrogen (secondary N) is 2. The summed E-state index contributed by atoms with van der Waals surface area (Å²) in [6, 6.07) is 0. The molecule has 0 saturated carbocycles. The number of rotatable bonds is 9. The van der Waals surface area contributed by atoms with E-state index in [9.17, 15) is 13.2 Å². The monoisotopic (exact) mass is 338 g/mol. The molecule has 5 nitrogen and oxygen atoms in total. The lowest BCUT2D eigenvalue weighted by Crippen LogP contribution is -2.38. The first-order chi connectivity index (χ1) is 10.9. The number of likely N-dealkylation sites (tertiary alicyclic amines) is 1. The average Bonchev–Trinajstić information content (AvgIpc) is 2.89. The first kappa shape index (κ1) is 20.0. The van der Waals surface area contributed by atoms with Crippen LogP contribution in [0.25, 0.3) is 0 Å². The molecule has 1 aliphatic heterocycles. The number of hydrogen-bond donors (Lipinski definition) is 2. The highest BCUT2D eigenvalue weighted by Crippen LogP contribution is 2.22. The van der Waals surface area contributed by atoms with Crippen molar-refractivity contribution >= 4 is 5.96 Å². The van der Waals surface area contributed by atoms with E-state index in [2.05, 4.69) is 15.6 Å². The van der Waals surface area contributed by atoms with Gasteiger partial charge < -0.3 is 15.4 Å². The zero-order valence-corrected chi connectivity index (χ0v) is 14.1. The highest BCUT2D eigenvalue weighted by molar-refractivity contribution is 5.79. The van der Waals surface area contributed by atoms with Gasteiger partial charge in [-0.1, -0.05) is 0 Å². The summed E-state index contributed by atoms with van der Waals surface area (Å²) in [7, 11) is 0. The van der Waals surface area contributed by atoms with Crippen LogP contribution >= 0.6 is 0 Å². The van der Waals surface area contributed by atoms with E-state index in [0.29, 0.717) is 32.8 Å². The molecule has 0 aromatic carbocycles. The van der Waals surface area contributed by atoms with E-state index in [1.807, 2.05) is 13.8 Å². The lowest BCUT2D eigenvalue weighted by atomic mass is 10.1. The molecule has 1 saturated heterocycles. The van der Waals surface area contributed by atoms with Gasteiger partial charge in [0.15, 0.2) is 5.96 Å². The lowest BCUT2D eigenvalue weighted by molar-refractivity contribution is -0.143. The van der Waals surface area contributed by atoms with Crippen LogP contribution in [0, 0.1) is 5.92 Å². The molecule has 136 valence electrons. The molecule has 1 rings (SSSR count). The third-order valence-electron chi connectivity index (χ3n) is 3.59. The Balaban J connectivity index is 2.30. The molecule has 1 atom stereocenters. The molecule has 0 aromatic rings. The molecule has 1 heterocycles. The van der Waals surface area contributed by atoms with E-state index in [1.165, 1.54) is 4.90 Å². The van der Waals surface area contributed by atoms with E-state index in [-0.39, 0.29) is 5.92 Å². The van der Waals surface area contributed by atoms with Gasteiger partial charge in [-0.15, -0.1) is 0 Å². The van der Waals surface area contributed by atoms with E-state index >= 15 is 0 Å². The SMILES string of the molecule is CCNC(=NCC1CCN(CC(F)(F)F)C1)NCCCOCC. The number of aliphatic imine (C=N–C) groups is 1. The predicted octanol–water partition coefficient (Wildman–Crippen LogP) is 1.85. The van der Waals surface area contributed by atoms with Gasteiger partial charge in [0.25, 0.3) is 0 Å². The van der Waals surface area contributed by atoms with Crippen LogP contribution < -0.4 is 10.6 Å². The fraction of sp³-hybridized carbons (Fsp3) is 0.933. The largest absolute Gasteiger partial charge is 0.401 e. The minimum atomic E-state index is -4.12. The Bertz CT molecular complexity index is 350. The second-order valence-corrected chi connectivity index (χ2v) is 5.70. The van der Waals surface area contributed by atoms with Gasteiger partial charge >= 0.3 is 6.18 Å². The normalized spacial score (nSPS) is 20.0. The van der Waals surface area contributed by atoms with Crippen molar-refractivity contribution < 1.29 is 17.9 Å². The smallest absolute Gasteiger partial charge is 0.382 e. The summed E-state index contributed by atoms with van der Waals surface area (Å²) >= 11 is 0. The highest BCUT2D eigenvalue weighted by atomic mass is 19.4. The zero-order valence-electron chi connectivity index (χ0n) is 14.1. The third-order valence-corrected chi connectivity index (χ3v) is 3.59. The number of ether oxygens (including phenoxy) is 1. The molecule has 2 N–H and O–H groups in total. The summed E-state index contributed by atoms with van der Waals surface area (Å²) in [6.45, 7) is 7.57. The molecule has 0 spiro atoms. The van der Waals surface area contributed by atoms with E-state index in [4.69, 9.17) is 4.74 Å². The lowest BCUT2D eigenvalue weighted by Gasteiger charge is -2.17. The molecular formula is C15H29F3N4O. The van der Waals surface area contributed by atoms with Crippen molar-refractivity contribution in [1.29, 1.82) is 0 Å². The maximum absolute atomic E-state index is 12.4. The fourth-order valence-electron chi connectivity index (χ4n) is 2.55. The summed E-state index contributed by atoms with van der Waals surface area (Å²) in [5.74, 6) is 0.912. The number of alkyl halides is 3. The average molecular weight is 338 g/mol. The van der Waals surface area contributed by atoms with Crippen LogP contribution in [0.5, 0.6) is 0 Å². The fourth-order valence-corrected chi connectivity index (χ4v) is 2.55. The quantitative estimate of drug-likeness (QED) is 0.383. The van der Waals surface area contributed by atoms with E-state index in [1.54, 1.807) is 0 Å². The number of halogens is 3. The van der Waals surface area contributed by atoms with Gasteiger partial charge in [-0.2, -0.15) is 13.2 Å². The Morgan fingerprint density at radius 1 is 1.30 bits per heavy atom. The van der Waals surface area contributed by atoms with Crippen molar-refractivity contribution in [3.05, 3.63) is 0 Å².